The van der Waals surface area contributed by atoms with Crippen molar-refractivity contribution in [1.82, 2.24) is 10.2 Å². The number of ether oxygens (including phenoxy) is 1. The van der Waals surface area contributed by atoms with E-state index in [-0.39, 0.29) is 30.9 Å². The predicted molar refractivity (Wildman–Crippen MR) is 73.7 cm³/mol. The third-order valence-electron chi connectivity index (χ3n) is 3.05. The van der Waals surface area contributed by atoms with Crippen LogP contribution in [-0.4, -0.2) is 36.4 Å². The van der Waals surface area contributed by atoms with E-state index in [4.69, 9.17) is 4.74 Å². The lowest BCUT2D eigenvalue weighted by atomic mass is 10.1. The smallest absolute Gasteiger partial charge is 0.246 e. The molecule has 5 nitrogen and oxygen atoms in total. The monoisotopic (exact) mass is 326 g/mol. The van der Waals surface area contributed by atoms with Crippen molar-refractivity contribution in [2.24, 2.45) is 0 Å². The van der Waals surface area contributed by atoms with Gasteiger partial charge in [-0.1, -0.05) is 6.07 Å². The average molecular weight is 327 g/mol. The van der Waals surface area contributed by atoms with Gasteiger partial charge in [0.25, 0.3) is 0 Å². The average Bonchev–Trinajstić information content (AvgIpc) is 2.39. The molecule has 1 aliphatic heterocycles. The van der Waals surface area contributed by atoms with E-state index in [0.29, 0.717) is 0 Å². The van der Waals surface area contributed by atoms with Crippen molar-refractivity contribution < 1.29 is 14.3 Å². The first kappa shape index (κ1) is 14.0. The highest BCUT2D eigenvalue weighted by Crippen LogP contribution is 2.26. The van der Waals surface area contributed by atoms with Crippen LogP contribution in [0, 0.1) is 0 Å². The molecular weight excluding hydrogens is 312 g/mol. The molecule has 1 aromatic carbocycles. The van der Waals surface area contributed by atoms with E-state index in [1.54, 1.807) is 20.1 Å². The van der Waals surface area contributed by atoms with Gasteiger partial charge in [0.15, 0.2) is 0 Å². The van der Waals surface area contributed by atoms with Crippen molar-refractivity contribution in [2.75, 3.05) is 13.7 Å². The molecule has 102 valence electrons. The second kappa shape index (κ2) is 5.71. The molecule has 0 spiro atoms. The summed E-state index contributed by atoms with van der Waals surface area (Å²) in [7, 11) is 1.59. The van der Waals surface area contributed by atoms with Crippen LogP contribution >= 0.6 is 15.9 Å². The minimum Gasteiger partial charge on any atom is -0.496 e. The first-order valence-electron chi connectivity index (χ1n) is 5.93. The van der Waals surface area contributed by atoms with Gasteiger partial charge in [0.05, 0.1) is 30.7 Å². The number of benzene rings is 1. The van der Waals surface area contributed by atoms with Crippen molar-refractivity contribution in [3.63, 3.8) is 0 Å². The van der Waals surface area contributed by atoms with Gasteiger partial charge in [0.2, 0.25) is 11.8 Å². The summed E-state index contributed by atoms with van der Waals surface area (Å²) in [4.78, 5) is 25.0. The molecule has 6 heteroatoms. The lowest BCUT2D eigenvalue weighted by Gasteiger charge is -2.29. The summed E-state index contributed by atoms with van der Waals surface area (Å²) in [6, 6.07) is 5.18. The van der Waals surface area contributed by atoms with E-state index in [9.17, 15) is 9.59 Å². The van der Waals surface area contributed by atoms with E-state index >= 15 is 0 Å². The van der Waals surface area contributed by atoms with Gasteiger partial charge < -0.3 is 4.74 Å². The van der Waals surface area contributed by atoms with Gasteiger partial charge in [-0.05, 0) is 40.5 Å². The molecule has 2 amide bonds. The fourth-order valence-corrected chi connectivity index (χ4v) is 2.52. The molecule has 19 heavy (non-hydrogen) atoms. The highest BCUT2D eigenvalue weighted by Gasteiger charge is 2.31. The van der Waals surface area contributed by atoms with Crippen LogP contribution in [0.1, 0.15) is 12.5 Å². The molecular formula is C13H15BrN2O3. The zero-order chi connectivity index (χ0) is 14.0. The summed E-state index contributed by atoms with van der Waals surface area (Å²) in [5, 5.41) is 2.86. The number of halogens is 1. The molecule has 2 rings (SSSR count). The highest BCUT2D eigenvalue weighted by molar-refractivity contribution is 9.10. The van der Waals surface area contributed by atoms with Crippen molar-refractivity contribution in [3.05, 3.63) is 28.2 Å². The van der Waals surface area contributed by atoms with Crippen LogP contribution in [0.25, 0.3) is 0 Å². The number of methoxy groups -OCH3 is 1. The number of carbonyl (C=O) groups excluding carboxylic acids is 2. The number of amides is 2. The number of imide groups is 1. The number of rotatable bonds is 3. The minimum atomic E-state index is -0.320. The molecule has 0 aromatic heterocycles. The summed E-state index contributed by atoms with van der Waals surface area (Å²) in [6.45, 7) is 2.24. The van der Waals surface area contributed by atoms with E-state index in [0.717, 1.165) is 15.8 Å². The number of carbonyl (C=O) groups is 2. The summed E-state index contributed by atoms with van der Waals surface area (Å²) in [5.41, 5.74) is 0.878. The Kier molecular flexibility index (Phi) is 4.21. The fourth-order valence-electron chi connectivity index (χ4n) is 1.94. The molecule has 1 aromatic rings. The predicted octanol–water partition coefficient (Wildman–Crippen LogP) is 1.30. The van der Waals surface area contributed by atoms with Crippen molar-refractivity contribution in [3.8, 4) is 5.75 Å². The zero-order valence-electron chi connectivity index (χ0n) is 10.8. The fraction of sp³-hybridized carbons (Fsp3) is 0.385. The van der Waals surface area contributed by atoms with Gasteiger partial charge in [-0.15, -0.1) is 0 Å². The Bertz CT molecular complexity index is 519. The summed E-state index contributed by atoms with van der Waals surface area (Å²) in [5.74, 6) is 0.327. The normalized spacial score (nSPS) is 19.7. The Morgan fingerprint density at radius 3 is 2.84 bits per heavy atom. The van der Waals surface area contributed by atoms with Crippen molar-refractivity contribution in [2.45, 2.75) is 19.5 Å². The second-order valence-corrected chi connectivity index (χ2v) is 5.24. The number of piperazine rings is 1. The Labute approximate surface area is 120 Å². The topological polar surface area (TPSA) is 58.6 Å². The van der Waals surface area contributed by atoms with Crippen molar-refractivity contribution >= 4 is 27.7 Å². The number of hydrogen-bond donors (Lipinski definition) is 1. The maximum Gasteiger partial charge on any atom is 0.246 e. The van der Waals surface area contributed by atoms with Gasteiger partial charge in [0, 0.05) is 0 Å². The third kappa shape index (κ3) is 2.96. The van der Waals surface area contributed by atoms with Gasteiger partial charge in [-0.3, -0.25) is 19.8 Å². The van der Waals surface area contributed by atoms with Gasteiger partial charge >= 0.3 is 0 Å². The van der Waals surface area contributed by atoms with E-state index in [2.05, 4.69) is 21.2 Å². The molecule has 1 heterocycles. The Hall–Kier alpha value is -1.40. The first-order valence-corrected chi connectivity index (χ1v) is 6.72. The Morgan fingerprint density at radius 2 is 2.21 bits per heavy atom. The van der Waals surface area contributed by atoms with Crippen LogP contribution in [-0.2, 0) is 16.1 Å². The standard InChI is InChI=1S/C13H15BrN2O3/c1-8-13(18)16(12(17)6-15-8)7-9-3-4-11(19-2)10(14)5-9/h3-5,8,15H,6-7H2,1-2H3. The van der Waals surface area contributed by atoms with Gasteiger partial charge in [-0.2, -0.15) is 0 Å². The molecule has 1 saturated heterocycles. The third-order valence-corrected chi connectivity index (χ3v) is 3.67. The molecule has 0 saturated carbocycles. The minimum absolute atomic E-state index is 0.191. The first-order chi connectivity index (χ1) is 9.02. The van der Waals surface area contributed by atoms with Crippen molar-refractivity contribution in [1.29, 1.82) is 0 Å². The van der Waals surface area contributed by atoms with E-state index in [1.165, 1.54) is 4.90 Å². The highest BCUT2D eigenvalue weighted by atomic mass is 79.9. The molecule has 1 fully saturated rings. The van der Waals surface area contributed by atoms with E-state index in [1.807, 2.05) is 12.1 Å². The molecule has 1 unspecified atom stereocenters. The van der Waals surface area contributed by atoms with Crippen LogP contribution < -0.4 is 10.1 Å². The summed E-state index contributed by atoms with van der Waals surface area (Å²) in [6.07, 6.45) is 0. The SMILES string of the molecule is COc1ccc(CN2C(=O)CNC(C)C2=O)cc1Br. The number of nitrogens with one attached hydrogen (secondary N) is 1. The summed E-state index contributed by atoms with van der Waals surface area (Å²) < 4.78 is 5.95. The quantitative estimate of drug-likeness (QED) is 0.851. The molecule has 0 bridgehead atoms. The zero-order valence-corrected chi connectivity index (χ0v) is 12.4. The summed E-state index contributed by atoms with van der Waals surface area (Å²) >= 11 is 3.39. The Balaban J connectivity index is 2.17. The molecule has 0 radical (unpaired) electrons. The lowest BCUT2D eigenvalue weighted by molar-refractivity contribution is -0.149. The lowest BCUT2D eigenvalue weighted by Crippen LogP contribution is -2.56. The van der Waals surface area contributed by atoms with Gasteiger partial charge in [-0.25, -0.2) is 0 Å². The Morgan fingerprint density at radius 1 is 1.47 bits per heavy atom. The number of hydrogen-bond acceptors (Lipinski definition) is 4. The van der Waals surface area contributed by atoms with Crippen LogP contribution in [0.2, 0.25) is 0 Å². The van der Waals surface area contributed by atoms with Crippen LogP contribution in [0.5, 0.6) is 5.75 Å². The number of nitrogens with zero attached hydrogens (tertiary/aromatic N) is 1. The van der Waals surface area contributed by atoms with Gasteiger partial charge in [0.1, 0.15) is 5.75 Å². The maximum atomic E-state index is 12.0. The molecule has 0 aliphatic carbocycles. The molecule has 1 atom stereocenters. The van der Waals surface area contributed by atoms with Crippen LogP contribution in [0.3, 0.4) is 0 Å². The second-order valence-electron chi connectivity index (χ2n) is 4.39. The maximum absolute atomic E-state index is 12.0. The largest absolute Gasteiger partial charge is 0.496 e. The molecule has 1 aliphatic rings. The van der Waals surface area contributed by atoms with Crippen LogP contribution in [0.15, 0.2) is 22.7 Å². The molecule has 1 N–H and O–H groups in total. The van der Waals surface area contributed by atoms with E-state index < -0.39 is 0 Å². The van der Waals surface area contributed by atoms with Crippen LogP contribution in [0.4, 0.5) is 0 Å².